The zero-order valence-electron chi connectivity index (χ0n) is 10.9. The summed E-state index contributed by atoms with van der Waals surface area (Å²) >= 11 is 0. The third kappa shape index (κ3) is 3.02. The highest BCUT2D eigenvalue weighted by Gasteiger charge is 2.06. The van der Waals surface area contributed by atoms with Crippen LogP contribution >= 0.6 is 0 Å². The number of pyridine rings is 1. The van der Waals surface area contributed by atoms with Gasteiger partial charge in [-0.05, 0) is 23.8 Å². The van der Waals surface area contributed by atoms with E-state index in [1.165, 1.54) is 7.11 Å². The number of ether oxygens (including phenoxy) is 2. The first kappa shape index (κ1) is 12.9. The van der Waals surface area contributed by atoms with Crippen LogP contribution in [0.3, 0.4) is 0 Å². The van der Waals surface area contributed by atoms with E-state index in [-0.39, 0.29) is 0 Å². The molecule has 0 amide bonds. The van der Waals surface area contributed by atoms with Crippen LogP contribution in [0.2, 0.25) is 0 Å². The standard InChI is InChI=1S/C15H14N2O2/c1-18-14-5-3-11(4-6-14)7-13-8-12(9-16)15(19-2)10-17-13/h3-6,8,10H,7H2,1-2H3. The molecule has 4 heteroatoms. The van der Waals surface area contributed by atoms with Crippen LogP contribution in [0.4, 0.5) is 0 Å². The molecular weight excluding hydrogens is 240 g/mol. The van der Waals surface area contributed by atoms with E-state index in [0.717, 1.165) is 17.0 Å². The van der Waals surface area contributed by atoms with E-state index in [1.54, 1.807) is 19.4 Å². The zero-order chi connectivity index (χ0) is 13.7. The first-order valence-corrected chi connectivity index (χ1v) is 5.82. The Morgan fingerprint density at radius 2 is 1.89 bits per heavy atom. The van der Waals surface area contributed by atoms with Crippen LogP contribution in [-0.4, -0.2) is 19.2 Å². The van der Waals surface area contributed by atoms with Gasteiger partial charge in [0.2, 0.25) is 0 Å². The van der Waals surface area contributed by atoms with E-state index in [0.29, 0.717) is 17.7 Å². The van der Waals surface area contributed by atoms with E-state index >= 15 is 0 Å². The normalized spacial score (nSPS) is 9.74. The summed E-state index contributed by atoms with van der Waals surface area (Å²) in [6.07, 6.45) is 2.25. The quantitative estimate of drug-likeness (QED) is 0.841. The Bertz CT molecular complexity index is 601. The van der Waals surface area contributed by atoms with Crippen LogP contribution in [0.1, 0.15) is 16.8 Å². The van der Waals surface area contributed by atoms with Crippen molar-refractivity contribution in [1.82, 2.24) is 4.98 Å². The number of hydrogen-bond donors (Lipinski definition) is 0. The van der Waals surface area contributed by atoms with Gasteiger partial charge in [-0.15, -0.1) is 0 Å². The van der Waals surface area contributed by atoms with Gasteiger partial charge < -0.3 is 9.47 Å². The molecule has 19 heavy (non-hydrogen) atoms. The third-order valence-corrected chi connectivity index (χ3v) is 2.81. The van der Waals surface area contributed by atoms with Gasteiger partial charge in [0.15, 0.2) is 5.75 Å². The van der Waals surface area contributed by atoms with Gasteiger partial charge >= 0.3 is 0 Å². The Hall–Kier alpha value is -2.54. The topological polar surface area (TPSA) is 55.1 Å². The average molecular weight is 254 g/mol. The predicted molar refractivity (Wildman–Crippen MR) is 71.3 cm³/mol. The van der Waals surface area contributed by atoms with E-state index in [1.807, 2.05) is 24.3 Å². The first-order valence-electron chi connectivity index (χ1n) is 5.82. The average Bonchev–Trinajstić information content (AvgIpc) is 2.48. The lowest BCUT2D eigenvalue weighted by molar-refractivity contribution is 0.411. The summed E-state index contributed by atoms with van der Waals surface area (Å²) < 4.78 is 10.2. The smallest absolute Gasteiger partial charge is 0.154 e. The molecule has 0 spiro atoms. The number of methoxy groups -OCH3 is 2. The summed E-state index contributed by atoms with van der Waals surface area (Å²) in [5.74, 6) is 1.32. The number of hydrogen-bond acceptors (Lipinski definition) is 4. The molecule has 0 aliphatic heterocycles. The molecule has 96 valence electrons. The van der Waals surface area contributed by atoms with Crippen molar-refractivity contribution < 1.29 is 9.47 Å². The molecule has 1 aromatic carbocycles. The minimum absolute atomic E-state index is 0.501. The van der Waals surface area contributed by atoms with Crippen LogP contribution in [-0.2, 0) is 6.42 Å². The maximum atomic E-state index is 9.03. The van der Waals surface area contributed by atoms with Crippen LogP contribution in [0.5, 0.6) is 11.5 Å². The maximum absolute atomic E-state index is 9.03. The lowest BCUT2D eigenvalue weighted by Crippen LogP contribution is -1.96. The molecule has 0 unspecified atom stereocenters. The van der Waals surface area contributed by atoms with Crippen LogP contribution < -0.4 is 9.47 Å². The Labute approximate surface area is 112 Å². The number of benzene rings is 1. The number of rotatable bonds is 4. The maximum Gasteiger partial charge on any atom is 0.154 e. The molecule has 0 radical (unpaired) electrons. The van der Waals surface area contributed by atoms with Crippen molar-refractivity contribution >= 4 is 0 Å². The van der Waals surface area contributed by atoms with Crippen molar-refractivity contribution in [2.75, 3.05) is 14.2 Å². The van der Waals surface area contributed by atoms with Gasteiger partial charge in [0, 0.05) is 12.1 Å². The molecule has 0 N–H and O–H groups in total. The monoisotopic (exact) mass is 254 g/mol. The summed E-state index contributed by atoms with van der Waals surface area (Å²) in [6, 6.07) is 11.6. The highest BCUT2D eigenvalue weighted by molar-refractivity contribution is 5.43. The summed E-state index contributed by atoms with van der Waals surface area (Å²) in [5, 5.41) is 9.03. The molecule has 2 rings (SSSR count). The molecular formula is C15H14N2O2. The van der Waals surface area contributed by atoms with Crippen molar-refractivity contribution in [1.29, 1.82) is 5.26 Å². The van der Waals surface area contributed by atoms with Gasteiger partial charge in [-0.2, -0.15) is 5.26 Å². The second-order valence-corrected chi connectivity index (χ2v) is 4.01. The minimum atomic E-state index is 0.501. The van der Waals surface area contributed by atoms with Gasteiger partial charge in [0.1, 0.15) is 11.8 Å². The van der Waals surface area contributed by atoms with Crippen molar-refractivity contribution in [2.45, 2.75) is 6.42 Å². The van der Waals surface area contributed by atoms with Gasteiger partial charge in [-0.25, -0.2) is 0 Å². The van der Waals surface area contributed by atoms with E-state index in [4.69, 9.17) is 14.7 Å². The van der Waals surface area contributed by atoms with Crippen LogP contribution in [0.15, 0.2) is 36.5 Å². The summed E-state index contributed by atoms with van der Waals surface area (Å²) in [7, 11) is 3.17. The van der Waals surface area contributed by atoms with Gasteiger partial charge in [0.25, 0.3) is 0 Å². The fraction of sp³-hybridized carbons (Fsp3) is 0.200. The number of aromatic nitrogens is 1. The van der Waals surface area contributed by atoms with Crippen molar-refractivity contribution in [3.05, 3.63) is 53.3 Å². The van der Waals surface area contributed by atoms with Crippen molar-refractivity contribution in [3.8, 4) is 17.6 Å². The molecule has 0 aliphatic carbocycles. The van der Waals surface area contributed by atoms with Gasteiger partial charge in [0.05, 0.1) is 26.0 Å². The molecule has 1 heterocycles. The Morgan fingerprint density at radius 1 is 1.16 bits per heavy atom. The summed E-state index contributed by atoms with van der Waals surface area (Å²) in [5.41, 5.74) is 2.45. The Balaban J connectivity index is 2.21. The second-order valence-electron chi connectivity index (χ2n) is 4.01. The van der Waals surface area contributed by atoms with Gasteiger partial charge in [-0.3, -0.25) is 4.98 Å². The van der Waals surface area contributed by atoms with Crippen LogP contribution in [0, 0.1) is 11.3 Å². The second kappa shape index (κ2) is 5.87. The van der Waals surface area contributed by atoms with Gasteiger partial charge in [-0.1, -0.05) is 12.1 Å². The highest BCUT2D eigenvalue weighted by Crippen LogP contribution is 2.19. The van der Waals surface area contributed by atoms with E-state index < -0.39 is 0 Å². The molecule has 4 nitrogen and oxygen atoms in total. The fourth-order valence-electron chi connectivity index (χ4n) is 1.79. The highest BCUT2D eigenvalue weighted by atomic mass is 16.5. The molecule has 0 aliphatic rings. The predicted octanol–water partition coefficient (Wildman–Crippen LogP) is 2.56. The van der Waals surface area contributed by atoms with E-state index in [2.05, 4.69) is 11.1 Å². The molecule has 2 aromatic rings. The summed E-state index contributed by atoms with van der Waals surface area (Å²) in [4.78, 5) is 4.29. The van der Waals surface area contributed by atoms with Crippen molar-refractivity contribution in [3.63, 3.8) is 0 Å². The molecule has 0 fully saturated rings. The summed E-state index contributed by atoms with van der Waals surface area (Å²) in [6.45, 7) is 0. The first-order chi connectivity index (χ1) is 9.26. The SMILES string of the molecule is COc1ccc(Cc2cc(C#N)c(OC)cn2)cc1. The molecule has 0 saturated heterocycles. The number of nitriles is 1. The Morgan fingerprint density at radius 3 is 2.47 bits per heavy atom. The number of nitrogens with zero attached hydrogens (tertiary/aromatic N) is 2. The lowest BCUT2D eigenvalue weighted by atomic mass is 10.1. The molecule has 1 aromatic heterocycles. The third-order valence-electron chi connectivity index (χ3n) is 2.81. The molecule has 0 bridgehead atoms. The van der Waals surface area contributed by atoms with E-state index in [9.17, 15) is 0 Å². The fourth-order valence-corrected chi connectivity index (χ4v) is 1.79. The molecule has 0 saturated carbocycles. The lowest BCUT2D eigenvalue weighted by Gasteiger charge is -2.06. The largest absolute Gasteiger partial charge is 0.497 e. The Kier molecular flexibility index (Phi) is 3.99. The van der Waals surface area contributed by atoms with Crippen molar-refractivity contribution in [2.24, 2.45) is 0 Å². The zero-order valence-corrected chi connectivity index (χ0v) is 10.9. The molecule has 0 atom stereocenters. The minimum Gasteiger partial charge on any atom is -0.497 e. The van der Waals surface area contributed by atoms with Crippen LogP contribution in [0.25, 0.3) is 0 Å².